The summed E-state index contributed by atoms with van der Waals surface area (Å²) in [4.78, 5) is 23.9. The Morgan fingerprint density at radius 3 is 2.44 bits per heavy atom. The highest BCUT2D eigenvalue weighted by Crippen LogP contribution is 2.15. The maximum absolute atomic E-state index is 12.0. The van der Waals surface area contributed by atoms with Gasteiger partial charge in [0.15, 0.2) is 6.61 Å². The minimum atomic E-state index is -0.999. The molecule has 0 spiro atoms. The second-order valence-electron chi connectivity index (χ2n) is 6.32. The van der Waals surface area contributed by atoms with E-state index in [2.05, 4.69) is 18.3 Å². The van der Waals surface area contributed by atoms with Gasteiger partial charge in [-0.25, -0.2) is 4.79 Å². The smallest absolute Gasteiger partial charge is 0.338 e. The number of carbonyl (C=O) groups is 2. The van der Waals surface area contributed by atoms with Crippen LogP contribution in [-0.4, -0.2) is 30.6 Å². The van der Waals surface area contributed by atoms with E-state index >= 15 is 0 Å². The molecular formula is C19H26N2O4. The van der Waals surface area contributed by atoms with E-state index in [1.807, 2.05) is 13.8 Å². The van der Waals surface area contributed by atoms with Crippen LogP contribution in [0.2, 0.25) is 0 Å². The van der Waals surface area contributed by atoms with Crippen LogP contribution in [0.4, 0.5) is 0 Å². The number of ether oxygens (including phenoxy) is 2. The second-order valence-corrected chi connectivity index (χ2v) is 6.32. The first-order valence-corrected chi connectivity index (χ1v) is 8.44. The molecule has 0 aliphatic rings. The fourth-order valence-electron chi connectivity index (χ4n) is 1.86. The van der Waals surface area contributed by atoms with Gasteiger partial charge in [0.1, 0.15) is 11.3 Å². The van der Waals surface area contributed by atoms with E-state index in [4.69, 9.17) is 9.47 Å². The molecule has 0 saturated carbocycles. The van der Waals surface area contributed by atoms with Crippen molar-refractivity contribution in [3.63, 3.8) is 0 Å². The van der Waals surface area contributed by atoms with Gasteiger partial charge in [0.2, 0.25) is 0 Å². The number of unbranched alkanes of at least 4 members (excludes halogenated alkanes) is 1. The van der Waals surface area contributed by atoms with Crippen molar-refractivity contribution in [2.45, 2.75) is 46.1 Å². The fourth-order valence-corrected chi connectivity index (χ4v) is 1.86. The summed E-state index contributed by atoms with van der Waals surface area (Å²) in [5.74, 6) is -0.494. The molecule has 1 amide bonds. The van der Waals surface area contributed by atoms with Crippen molar-refractivity contribution in [2.75, 3.05) is 13.2 Å². The zero-order valence-corrected chi connectivity index (χ0v) is 15.3. The van der Waals surface area contributed by atoms with Gasteiger partial charge in [-0.3, -0.25) is 4.79 Å². The molecule has 6 heteroatoms. The third-order valence-electron chi connectivity index (χ3n) is 3.98. The Hall–Kier alpha value is -2.55. The Kier molecular flexibility index (Phi) is 7.93. The first-order chi connectivity index (χ1) is 11.8. The highest BCUT2D eigenvalue weighted by atomic mass is 16.5. The van der Waals surface area contributed by atoms with Crippen LogP contribution in [0, 0.1) is 17.2 Å². The van der Waals surface area contributed by atoms with Crippen LogP contribution in [0.5, 0.6) is 5.75 Å². The maximum Gasteiger partial charge on any atom is 0.338 e. The van der Waals surface area contributed by atoms with Gasteiger partial charge in [0, 0.05) is 0 Å². The number of carbonyl (C=O) groups excluding carboxylic acids is 2. The lowest BCUT2D eigenvalue weighted by molar-refractivity contribution is -0.125. The van der Waals surface area contributed by atoms with Crippen molar-refractivity contribution in [2.24, 2.45) is 5.92 Å². The first-order valence-electron chi connectivity index (χ1n) is 8.44. The third kappa shape index (κ3) is 6.46. The number of hydrogen-bond donors (Lipinski definition) is 1. The molecule has 0 saturated heterocycles. The predicted molar refractivity (Wildman–Crippen MR) is 94.1 cm³/mol. The van der Waals surface area contributed by atoms with E-state index in [0.717, 1.165) is 12.8 Å². The van der Waals surface area contributed by atoms with Gasteiger partial charge in [0.05, 0.1) is 18.2 Å². The van der Waals surface area contributed by atoms with Crippen LogP contribution < -0.4 is 10.1 Å². The number of amides is 1. The van der Waals surface area contributed by atoms with Crippen molar-refractivity contribution in [1.29, 1.82) is 5.26 Å². The lowest BCUT2D eigenvalue weighted by Gasteiger charge is -2.27. The van der Waals surface area contributed by atoms with Gasteiger partial charge in [-0.1, -0.05) is 27.2 Å². The summed E-state index contributed by atoms with van der Waals surface area (Å²) < 4.78 is 10.5. The van der Waals surface area contributed by atoms with Crippen LogP contribution >= 0.6 is 0 Å². The third-order valence-corrected chi connectivity index (χ3v) is 3.98. The lowest BCUT2D eigenvalue weighted by Crippen LogP contribution is -2.50. The Balaban J connectivity index is 2.51. The Morgan fingerprint density at radius 2 is 1.92 bits per heavy atom. The predicted octanol–water partition coefficient (Wildman–Crippen LogP) is 3.08. The number of rotatable bonds is 9. The maximum atomic E-state index is 12.0. The average molecular weight is 346 g/mol. The molecule has 0 aromatic heterocycles. The monoisotopic (exact) mass is 346 g/mol. The van der Waals surface area contributed by atoms with E-state index in [1.165, 1.54) is 0 Å². The lowest BCUT2D eigenvalue weighted by atomic mass is 9.90. The highest BCUT2D eigenvalue weighted by molar-refractivity contribution is 5.91. The Bertz CT molecular complexity index is 619. The minimum absolute atomic E-state index is 0.0718. The van der Waals surface area contributed by atoms with Crippen LogP contribution in [0.15, 0.2) is 24.3 Å². The Morgan fingerprint density at radius 1 is 1.28 bits per heavy atom. The van der Waals surface area contributed by atoms with Gasteiger partial charge in [-0.2, -0.15) is 5.26 Å². The molecule has 1 rings (SSSR count). The summed E-state index contributed by atoms with van der Waals surface area (Å²) in [6.45, 7) is 7.58. The molecule has 0 aliphatic carbocycles. The van der Waals surface area contributed by atoms with E-state index in [-0.39, 0.29) is 5.92 Å². The fraction of sp³-hybridized carbons (Fsp3) is 0.526. The molecule has 1 N–H and O–H groups in total. The number of esters is 1. The number of nitriles is 1. The van der Waals surface area contributed by atoms with Crippen molar-refractivity contribution in [3.05, 3.63) is 29.8 Å². The van der Waals surface area contributed by atoms with Crippen molar-refractivity contribution >= 4 is 11.9 Å². The van der Waals surface area contributed by atoms with E-state index in [1.54, 1.807) is 31.2 Å². The molecule has 0 heterocycles. The molecule has 1 aromatic carbocycles. The summed E-state index contributed by atoms with van der Waals surface area (Å²) in [6.07, 6.45) is 2.02. The number of nitrogens with one attached hydrogen (secondary N) is 1. The van der Waals surface area contributed by atoms with Crippen molar-refractivity contribution in [1.82, 2.24) is 5.32 Å². The summed E-state index contributed by atoms with van der Waals surface area (Å²) in [5, 5.41) is 11.8. The number of hydrogen-bond acceptors (Lipinski definition) is 5. The number of benzene rings is 1. The quantitative estimate of drug-likeness (QED) is 0.548. The molecule has 0 unspecified atom stereocenters. The number of nitrogens with zero attached hydrogens (tertiary/aromatic N) is 1. The molecule has 136 valence electrons. The zero-order valence-electron chi connectivity index (χ0n) is 15.3. The molecule has 1 aromatic rings. The molecule has 0 fully saturated rings. The van der Waals surface area contributed by atoms with E-state index in [0.29, 0.717) is 17.9 Å². The van der Waals surface area contributed by atoms with Crippen molar-refractivity contribution < 1.29 is 19.1 Å². The van der Waals surface area contributed by atoms with Crippen molar-refractivity contribution in [3.8, 4) is 11.8 Å². The van der Waals surface area contributed by atoms with Gasteiger partial charge >= 0.3 is 5.97 Å². The first kappa shape index (κ1) is 20.5. The SMILES string of the molecule is CCCCOc1ccc(C(=O)OCC(=O)N[C@@](C)(C#N)C(C)C)cc1. The molecule has 0 radical (unpaired) electrons. The molecule has 6 nitrogen and oxygen atoms in total. The van der Waals surface area contributed by atoms with Crippen LogP contribution in [0.3, 0.4) is 0 Å². The molecule has 0 bridgehead atoms. The second kappa shape index (κ2) is 9.67. The van der Waals surface area contributed by atoms with E-state index in [9.17, 15) is 14.9 Å². The summed E-state index contributed by atoms with van der Waals surface area (Å²) in [7, 11) is 0. The molecular weight excluding hydrogens is 320 g/mol. The topological polar surface area (TPSA) is 88.4 Å². The zero-order chi connectivity index (χ0) is 18.9. The van der Waals surface area contributed by atoms with Gasteiger partial charge in [-0.15, -0.1) is 0 Å². The standard InChI is InChI=1S/C19H26N2O4/c1-5-6-11-24-16-9-7-15(8-10-16)18(23)25-12-17(22)21-19(4,13-20)14(2)3/h7-10,14H,5-6,11-12H2,1-4H3,(H,21,22)/t19-/m0/s1. The molecule has 25 heavy (non-hydrogen) atoms. The van der Waals surface area contributed by atoms with Gasteiger partial charge < -0.3 is 14.8 Å². The van der Waals surface area contributed by atoms with Gasteiger partial charge in [-0.05, 0) is 43.5 Å². The largest absolute Gasteiger partial charge is 0.494 e. The highest BCUT2D eigenvalue weighted by Gasteiger charge is 2.30. The normalized spacial score (nSPS) is 12.8. The van der Waals surface area contributed by atoms with Crippen LogP contribution in [0.1, 0.15) is 50.9 Å². The van der Waals surface area contributed by atoms with E-state index < -0.39 is 24.0 Å². The summed E-state index contributed by atoms with van der Waals surface area (Å²) in [5.41, 5.74) is -0.663. The molecule has 1 atom stereocenters. The van der Waals surface area contributed by atoms with Crippen LogP contribution in [0.25, 0.3) is 0 Å². The average Bonchev–Trinajstić information content (AvgIpc) is 2.60. The summed E-state index contributed by atoms with van der Waals surface area (Å²) in [6, 6.07) is 8.64. The van der Waals surface area contributed by atoms with Gasteiger partial charge in [0.25, 0.3) is 5.91 Å². The molecule has 0 aliphatic heterocycles. The Labute approximate surface area is 149 Å². The minimum Gasteiger partial charge on any atom is -0.494 e. The summed E-state index contributed by atoms with van der Waals surface area (Å²) >= 11 is 0. The van der Waals surface area contributed by atoms with Crippen LogP contribution in [-0.2, 0) is 9.53 Å².